The Morgan fingerprint density at radius 1 is 1.25 bits per heavy atom. The third-order valence-electron chi connectivity index (χ3n) is 2.69. The third kappa shape index (κ3) is 3.75. The zero-order valence-corrected chi connectivity index (χ0v) is 13.0. The summed E-state index contributed by atoms with van der Waals surface area (Å²) in [6.07, 6.45) is 0. The van der Waals surface area contributed by atoms with Crippen molar-refractivity contribution >= 4 is 39.3 Å². The normalized spacial score (nSPS) is 10.3. The summed E-state index contributed by atoms with van der Waals surface area (Å²) < 4.78 is 0.991. The summed E-state index contributed by atoms with van der Waals surface area (Å²) in [6.45, 7) is 0. The van der Waals surface area contributed by atoms with Crippen LogP contribution in [0.25, 0.3) is 0 Å². The van der Waals surface area contributed by atoms with Crippen LogP contribution in [0.3, 0.4) is 0 Å². The summed E-state index contributed by atoms with van der Waals surface area (Å²) in [5.41, 5.74) is 10.4. The van der Waals surface area contributed by atoms with E-state index in [2.05, 4.69) is 21.4 Å². The number of halogens is 1. The van der Waals surface area contributed by atoms with Gasteiger partial charge >= 0.3 is 0 Å². The van der Waals surface area contributed by atoms with E-state index < -0.39 is 0 Å². The number of nitrogens with two attached hydrogens (primary N) is 2. The fourth-order valence-corrected chi connectivity index (χ4v) is 3.14. The first-order valence-electron chi connectivity index (χ1n) is 5.88. The van der Waals surface area contributed by atoms with E-state index in [0.29, 0.717) is 5.56 Å². The number of hydrogen-bond acceptors (Lipinski definition) is 4. The molecule has 2 aromatic carbocycles. The molecular weight excluding hydrogens is 338 g/mol. The van der Waals surface area contributed by atoms with E-state index >= 15 is 0 Å². The van der Waals surface area contributed by atoms with Gasteiger partial charge in [-0.25, -0.2) is 5.84 Å². The maximum absolute atomic E-state index is 11.5. The maximum Gasteiger partial charge on any atom is 0.265 e. The fraction of sp³-hybridized carbons (Fsp3) is 0.0714. The molecule has 0 bridgehead atoms. The van der Waals surface area contributed by atoms with Crippen molar-refractivity contribution in [2.45, 2.75) is 10.6 Å². The molecule has 0 saturated heterocycles. The number of anilines is 1. The first-order valence-corrected chi connectivity index (χ1v) is 7.65. The maximum atomic E-state index is 11.5. The van der Waals surface area contributed by atoms with Crippen LogP contribution in [0.5, 0.6) is 0 Å². The van der Waals surface area contributed by atoms with Crippen molar-refractivity contribution in [1.29, 1.82) is 0 Å². The van der Waals surface area contributed by atoms with Gasteiger partial charge in [-0.1, -0.05) is 28.1 Å². The number of carbonyl (C=O) groups is 1. The highest BCUT2D eigenvalue weighted by Crippen LogP contribution is 2.30. The van der Waals surface area contributed by atoms with Crippen LogP contribution >= 0.6 is 27.7 Å². The van der Waals surface area contributed by atoms with Crippen LogP contribution in [0.1, 0.15) is 15.9 Å². The molecular formula is C14H14BrN3OS. The minimum Gasteiger partial charge on any atom is -0.398 e. The van der Waals surface area contributed by atoms with E-state index in [1.165, 1.54) is 0 Å². The molecule has 0 spiro atoms. The van der Waals surface area contributed by atoms with Gasteiger partial charge in [0.05, 0.1) is 0 Å². The van der Waals surface area contributed by atoms with Crippen LogP contribution in [0, 0.1) is 0 Å². The topological polar surface area (TPSA) is 81.1 Å². The van der Waals surface area contributed by atoms with Crippen LogP contribution in [0.2, 0.25) is 0 Å². The predicted octanol–water partition coefficient (Wildman–Crippen LogP) is 2.93. The second kappa shape index (κ2) is 6.78. The molecule has 0 unspecified atom stereocenters. The van der Waals surface area contributed by atoms with Gasteiger partial charge in [0.1, 0.15) is 0 Å². The van der Waals surface area contributed by atoms with Crippen molar-refractivity contribution in [3.05, 3.63) is 58.1 Å². The van der Waals surface area contributed by atoms with Crippen molar-refractivity contribution in [2.24, 2.45) is 5.84 Å². The number of benzene rings is 2. The van der Waals surface area contributed by atoms with Gasteiger partial charge in [-0.05, 0) is 35.9 Å². The lowest BCUT2D eigenvalue weighted by Gasteiger charge is -2.07. The lowest BCUT2D eigenvalue weighted by Crippen LogP contribution is -2.29. The molecule has 20 heavy (non-hydrogen) atoms. The second-order valence-electron chi connectivity index (χ2n) is 4.14. The molecule has 4 nitrogen and oxygen atoms in total. The van der Waals surface area contributed by atoms with E-state index in [0.717, 1.165) is 26.4 Å². The van der Waals surface area contributed by atoms with Gasteiger partial charge in [-0.15, -0.1) is 11.8 Å². The summed E-state index contributed by atoms with van der Waals surface area (Å²) in [5, 5.41) is 0. The molecule has 1 amide bonds. The van der Waals surface area contributed by atoms with Crippen molar-refractivity contribution in [1.82, 2.24) is 5.43 Å². The van der Waals surface area contributed by atoms with E-state index in [1.807, 2.05) is 36.4 Å². The van der Waals surface area contributed by atoms with E-state index in [-0.39, 0.29) is 5.91 Å². The number of nitrogen functional groups attached to an aromatic ring is 2. The Balaban J connectivity index is 2.11. The Morgan fingerprint density at radius 3 is 2.80 bits per heavy atom. The average Bonchev–Trinajstić information content (AvgIpc) is 2.47. The third-order valence-corrected chi connectivity index (χ3v) is 4.33. The van der Waals surface area contributed by atoms with Gasteiger partial charge in [0.15, 0.2) is 0 Å². The highest BCUT2D eigenvalue weighted by Gasteiger charge is 2.06. The van der Waals surface area contributed by atoms with E-state index in [9.17, 15) is 4.79 Å². The quantitative estimate of drug-likeness (QED) is 0.260. The van der Waals surface area contributed by atoms with Gasteiger partial charge in [0.25, 0.3) is 5.91 Å². The number of hydrogen-bond donors (Lipinski definition) is 3. The molecule has 0 aliphatic carbocycles. The minimum atomic E-state index is -0.293. The van der Waals surface area contributed by atoms with Crippen molar-refractivity contribution in [3.63, 3.8) is 0 Å². The number of amides is 1. The molecule has 0 aliphatic rings. The van der Waals surface area contributed by atoms with Crippen molar-refractivity contribution < 1.29 is 4.79 Å². The standard InChI is InChI=1S/C14H14BrN3OS/c15-11-4-5-12(16)13(7-11)20-8-9-2-1-3-10(6-9)14(19)18-17/h1-7H,8,16-17H2,(H,18,19). The first kappa shape index (κ1) is 14.9. The SMILES string of the molecule is NNC(=O)c1cccc(CSc2cc(Br)ccc2N)c1. The van der Waals surface area contributed by atoms with Gasteiger partial charge in [-0.2, -0.15) is 0 Å². The van der Waals surface area contributed by atoms with Crippen LogP contribution < -0.4 is 17.0 Å². The highest BCUT2D eigenvalue weighted by molar-refractivity contribution is 9.10. The number of nitrogens with one attached hydrogen (secondary N) is 1. The van der Waals surface area contributed by atoms with Gasteiger partial charge in [-0.3, -0.25) is 10.2 Å². The lowest BCUT2D eigenvalue weighted by atomic mass is 10.1. The predicted molar refractivity (Wildman–Crippen MR) is 86.2 cm³/mol. The van der Waals surface area contributed by atoms with Crippen molar-refractivity contribution in [2.75, 3.05) is 5.73 Å². The molecule has 0 fully saturated rings. The van der Waals surface area contributed by atoms with Crippen LogP contribution in [-0.4, -0.2) is 5.91 Å². The summed E-state index contributed by atoms with van der Waals surface area (Å²) >= 11 is 5.05. The number of hydrazine groups is 1. The van der Waals surface area contributed by atoms with Gasteiger partial charge in [0, 0.05) is 26.4 Å². The molecule has 6 heteroatoms. The summed E-state index contributed by atoms with van der Waals surface area (Å²) in [6, 6.07) is 13.1. The smallest absolute Gasteiger partial charge is 0.265 e. The molecule has 0 heterocycles. The Kier molecular flexibility index (Phi) is 5.05. The molecule has 104 valence electrons. The summed E-state index contributed by atoms with van der Waals surface area (Å²) in [5.74, 6) is 5.56. The Hall–Kier alpha value is -1.50. The molecule has 2 aromatic rings. The zero-order valence-electron chi connectivity index (χ0n) is 10.6. The summed E-state index contributed by atoms with van der Waals surface area (Å²) in [7, 11) is 0. The van der Waals surface area contributed by atoms with Gasteiger partial charge < -0.3 is 5.73 Å². The molecule has 0 saturated carbocycles. The molecule has 5 N–H and O–H groups in total. The highest BCUT2D eigenvalue weighted by atomic mass is 79.9. The molecule has 0 radical (unpaired) electrons. The van der Waals surface area contributed by atoms with E-state index in [4.69, 9.17) is 11.6 Å². The molecule has 0 aliphatic heterocycles. The van der Waals surface area contributed by atoms with Crippen LogP contribution in [0.15, 0.2) is 51.8 Å². The largest absolute Gasteiger partial charge is 0.398 e. The number of thioether (sulfide) groups is 1. The fourth-order valence-electron chi connectivity index (χ4n) is 1.68. The molecule has 2 rings (SSSR count). The average molecular weight is 352 g/mol. The first-order chi connectivity index (χ1) is 9.60. The minimum absolute atomic E-state index is 0.293. The second-order valence-corrected chi connectivity index (χ2v) is 6.08. The summed E-state index contributed by atoms with van der Waals surface area (Å²) in [4.78, 5) is 12.5. The monoisotopic (exact) mass is 351 g/mol. The number of carbonyl (C=O) groups excluding carboxylic acids is 1. The van der Waals surface area contributed by atoms with Crippen LogP contribution in [0.4, 0.5) is 5.69 Å². The zero-order chi connectivity index (χ0) is 14.5. The lowest BCUT2D eigenvalue weighted by molar-refractivity contribution is 0.0953. The number of rotatable bonds is 4. The van der Waals surface area contributed by atoms with Crippen molar-refractivity contribution in [3.8, 4) is 0 Å². The molecule has 0 aromatic heterocycles. The van der Waals surface area contributed by atoms with Crippen LogP contribution in [-0.2, 0) is 5.75 Å². The Labute approximate surface area is 130 Å². The molecule has 0 atom stereocenters. The van der Waals surface area contributed by atoms with Gasteiger partial charge in [0.2, 0.25) is 0 Å². The Bertz CT molecular complexity index is 634. The van der Waals surface area contributed by atoms with E-state index in [1.54, 1.807) is 17.8 Å². The Morgan fingerprint density at radius 2 is 2.05 bits per heavy atom.